The topological polar surface area (TPSA) is 75.7 Å². The molecule has 0 aliphatic heterocycles. The van der Waals surface area contributed by atoms with Gasteiger partial charge < -0.3 is 10.1 Å². The van der Waals surface area contributed by atoms with Crippen LogP contribution in [0.4, 0.5) is 5.69 Å². The Morgan fingerprint density at radius 3 is 2.41 bits per heavy atom. The maximum atomic E-state index is 13.3. The minimum absolute atomic E-state index is 0.0364. The van der Waals surface area contributed by atoms with Gasteiger partial charge in [-0.25, -0.2) is 8.42 Å². The molecule has 0 radical (unpaired) electrons. The van der Waals surface area contributed by atoms with Crippen molar-refractivity contribution in [2.24, 2.45) is 0 Å². The quantitative estimate of drug-likeness (QED) is 0.492. The lowest BCUT2D eigenvalue weighted by Crippen LogP contribution is -2.40. The van der Waals surface area contributed by atoms with Crippen LogP contribution in [0.15, 0.2) is 83.8 Å². The number of sulfonamides is 1. The molecular weight excluding hydrogens is 448 g/mol. The Kier molecular flexibility index (Phi) is 7.77. The maximum absolute atomic E-state index is 13.3. The normalized spacial score (nSPS) is 11.2. The zero-order chi connectivity index (χ0) is 23.1. The van der Waals surface area contributed by atoms with Crippen molar-refractivity contribution in [3.63, 3.8) is 0 Å². The van der Waals surface area contributed by atoms with Crippen molar-refractivity contribution in [1.29, 1.82) is 0 Å². The van der Waals surface area contributed by atoms with Crippen molar-refractivity contribution >= 4 is 33.2 Å². The van der Waals surface area contributed by atoms with Crippen LogP contribution in [0.1, 0.15) is 19.4 Å². The molecule has 0 saturated heterocycles. The molecule has 0 spiro atoms. The number of hydrogen-bond donors (Lipinski definition) is 1. The molecular formula is C24H25ClN2O4S. The lowest BCUT2D eigenvalue weighted by Gasteiger charge is -2.24. The molecule has 0 heterocycles. The highest BCUT2D eigenvalue weighted by molar-refractivity contribution is 7.92. The Hall–Kier alpha value is -3.03. The number of carbonyl (C=O) groups excluding carboxylic acids is 1. The Morgan fingerprint density at radius 1 is 1.00 bits per heavy atom. The Bertz CT molecular complexity index is 1170. The number of nitrogens with one attached hydrogen (secondary N) is 1. The van der Waals surface area contributed by atoms with E-state index in [-0.39, 0.29) is 24.1 Å². The number of nitrogens with zero attached hydrogens (tertiary/aromatic N) is 1. The third kappa shape index (κ3) is 6.24. The molecule has 32 heavy (non-hydrogen) atoms. The van der Waals surface area contributed by atoms with Gasteiger partial charge in [-0.2, -0.15) is 0 Å². The number of anilines is 1. The lowest BCUT2D eigenvalue weighted by molar-refractivity contribution is -0.119. The second-order valence-electron chi connectivity index (χ2n) is 7.40. The predicted molar refractivity (Wildman–Crippen MR) is 126 cm³/mol. The molecule has 0 unspecified atom stereocenters. The van der Waals surface area contributed by atoms with Crippen molar-refractivity contribution in [1.82, 2.24) is 5.32 Å². The average molecular weight is 473 g/mol. The van der Waals surface area contributed by atoms with Crippen LogP contribution in [0.2, 0.25) is 5.02 Å². The second-order valence-corrected chi connectivity index (χ2v) is 9.69. The van der Waals surface area contributed by atoms with Gasteiger partial charge in [-0.1, -0.05) is 48.0 Å². The fourth-order valence-electron chi connectivity index (χ4n) is 3.05. The summed E-state index contributed by atoms with van der Waals surface area (Å²) in [7, 11) is -3.98. The van der Waals surface area contributed by atoms with Gasteiger partial charge in [-0.15, -0.1) is 0 Å². The van der Waals surface area contributed by atoms with E-state index < -0.39 is 15.9 Å². The van der Waals surface area contributed by atoms with Crippen molar-refractivity contribution < 1.29 is 17.9 Å². The van der Waals surface area contributed by atoms with Crippen molar-refractivity contribution in [3.05, 3.63) is 89.4 Å². The monoisotopic (exact) mass is 472 g/mol. The summed E-state index contributed by atoms with van der Waals surface area (Å²) in [6.45, 7) is 3.72. The van der Waals surface area contributed by atoms with Gasteiger partial charge in [0.15, 0.2) is 0 Å². The average Bonchev–Trinajstić information content (AvgIpc) is 2.76. The van der Waals surface area contributed by atoms with Crippen LogP contribution < -0.4 is 14.4 Å². The molecule has 3 aromatic carbocycles. The predicted octanol–water partition coefficient (Wildman–Crippen LogP) is 4.64. The molecule has 0 saturated carbocycles. The zero-order valence-corrected chi connectivity index (χ0v) is 19.4. The van der Waals surface area contributed by atoms with Crippen LogP contribution >= 0.6 is 11.6 Å². The van der Waals surface area contributed by atoms with Crippen LogP contribution in [0, 0.1) is 0 Å². The molecule has 0 bridgehead atoms. The number of benzene rings is 3. The van der Waals surface area contributed by atoms with E-state index in [0.717, 1.165) is 9.87 Å². The Morgan fingerprint density at radius 2 is 1.72 bits per heavy atom. The molecule has 3 aromatic rings. The maximum Gasteiger partial charge on any atom is 0.264 e. The smallest absolute Gasteiger partial charge is 0.264 e. The minimum Gasteiger partial charge on any atom is -0.491 e. The third-order valence-electron chi connectivity index (χ3n) is 4.47. The van der Waals surface area contributed by atoms with Crippen molar-refractivity contribution in [2.75, 3.05) is 10.8 Å². The van der Waals surface area contributed by atoms with Gasteiger partial charge in [0.1, 0.15) is 12.3 Å². The number of rotatable bonds is 9. The van der Waals surface area contributed by atoms with Gasteiger partial charge in [-0.05, 0) is 61.9 Å². The minimum atomic E-state index is -3.98. The SMILES string of the molecule is CC(C)Oc1cccc(CNC(=O)CN(c2cccc(Cl)c2)S(=O)(=O)c2ccccc2)c1. The van der Waals surface area contributed by atoms with Gasteiger partial charge in [0.05, 0.1) is 16.7 Å². The molecule has 0 fully saturated rings. The first-order chi connectivity index (χ1) is 15.3. The van der Waals surface area contributed by atoms with E-state index in [9.17, 15) is 13.2 Å². The van der Waals surface area contributed by atoms with Crippen LogP contribution in [-0.4, -0.2) is 27.0 Å². The molecule has 0 aromatic heterocycles. The van der Waals surface area contributed by atoms with E-state index in [1.165, 1.54) is 18.2 Å². The standard InChI is InChI=1S/C24H25ClN2O4S/c1-18(2)31-22-11-6-8-19(14-22)16-26-24(28)17-27(21-10-7-9-20(25)15-21)32(29,30)23-12-4-3-5-13-23/h3-15,18H,16-17H2,1-2H3,(H,26,28). The number of halogens is 1. The summed E-state index contributed by atoms with van der Waals surface area (Å²) in [6.07, 6.45) is 0.0364. The van der Waals surface area contributed by atoms with Crippen LogP contribution in [0.3, 0.4) is 0 Å². The van der Waals surface area contributed by atoms with E-state index in [0.29, 0.717) is 16.5 Å². The van der Waals surface area contributed by atoms with Gasteiger partial charge in [0.25, 0.3) is 10.0 Å². The molecule has 1 amide bonds. The first kappa shape index (κ1) is 23.6. The number of amides is 1. The van der Waals surface area contributed by atoms with E-state index in [1.807, 2.05) is 38.1 Å². The van der Waals surface area contributed by atoms with Gasteiger partial charge >= 0.3 is 0 Å². The third-order valence-corrected chi connectivity index (χ3v) is 6.50. The summed E-state index contributed by atoms with van der Waals surface area (Å²) < 4.78 is 33.3. The fraction of sp³-hybridized carbons (Fsp3) is 0.208. The first-order valence-electron chi connectivity index (χ1n) is 10.1. The summed E-state index contributed by atoms with van der Waals surface area (Å²) in [5.74, 6) is 0.263. The molecule has 0 aliphatic rings. The highest BCUT2D eigenvalue weighted by Gasteiger charge is 2.27. The lowest BCUT2D eigenvalue weighted by atomic mass is 10.2. The molecule has 8 heteroatoms. The van der Waals surface area contributed by atoms with E-state index in [2.05, 4.69) is 5.32 Å². The largest absolute Gasteiger partial charge is 0.491 e. The van der Waals surface area contributed by atoms with Crippen LogP contribution in [0.25, 0.3) is 0 Å². The van der Waals surface area contributed by atoms with Crippen LogP contribution in [0.5, 0.6) is 5.75 Å². The molecule has 168 valence electrons. The summed E-state index contributed by atoms with van der Waals surface area (Å²) in [5.41, 5.74) is 1.15. The summed E-state index contributed by atoms with van der Waals surface area (Å²) in [5, 5.41) is 3.16. The van der Waals surface area contributed by atoms with Gasteiger partial charge in [-0.3, -0.25) is 9.10 Å². The van der Waals surface area contributed by atoms with E-state index in [4.69, 9.17) is 16.3 Å². The molecule has 3 rings (SSSR count). The van der Waals surface area contributed by atoms with Crippen molar-refractivity contribution in [2.45, 2.75) is 31.4 Å². The fourth-order valence-corrected chi connectivity index (χ4v) is 4.67. The highest BCUT2D eigenvalue weighted by Crippen LogP contribution is 2.26. The van der Waals surface area contributed by atoms with E-state index >= 15 is 0 Å². The molecule has 0 aliphatic carbocycles. The zero-order valence-electron chi connectivity index (χ0n) is 17.9. The summed E-state index contributed by atoms with van der Waals surface area (Å²) in [6, 6.07) is 21.8. The summed E-state index contributed by atoms with van der Waals surface area (Å²) >= 11 is 6.08. The van der Waals surface area contributed by atoms with E-state index in [1.54, 1.807) is 36.4 Å². The molecule has 1 N–H and O–H groups in total. The number of ether oxygens (including phenoxy) is 1. The second kappa shape index (κ2) is 10.5. The van der Waals surface area contributed by atoms with Gasteiger partial charge in [0, 0.05) is 11.6 Å². The van der Waals surface area contributed by atoms with Crippen LogP contribution in [-0.2, 0) is 21.4 Å². The molecule has 0 atom stereocenters. The number of carbonyl (C=O) groups is 1. The summed E-state index contributed by atoms with van der Waals surface area (Å²) in [4.78, 5) is 12.8. The highest BCUT2D eigenvalue weighted by atomic mass is 35.5. The van der Waals surface area contributed by atoms with Gasteiger partial charge in [0.2, 0.25) is 5.91 Å². The number of hydrogen-bond acceptors (Lipinski definition) is 4. The Labute approximate surface area is 193 Å². The Balaban J connectivity index is 1.79. The van der Waals surface area contributed by atoms with Crippen molar-refractivity contribution in [3.8, 4) is 5.75 Å². The first-order valence-corrected chi connectivity index (χ1v) is 11.9. The molecule has 6 nitrogen and oxygen atoms in total.